The Labute approximate surface area is 177 Å². The summed E-state index contributed by atoms with van der Waals surface area (Å²) < 4.78 is 0. The molecule has 13 heteroatoms. The zero-order valence-corrected chi connectivity index (χ0v) is 16.8. The predicted octanol–water partition coefficient (Wildman–Crippen LogP) is -2.57. The van der Waals surface area contributed by atoms with E-state index in [-0.39, 0.29) is 4.90 Å². The van der Waals surface area contributed by atoms with E-state index >= 15 is 0 Å². The number of carbonyl (C=O) groups is 1. The predicted molar refractivity (Wildman–Crippen MR) is 103 cm³/mol. The van der Waals surface area contributed by atoms with Gasteiger partial charge in [-0.25, -0.2) is 9.89 Å². The first-order valence-corrected chi connectivity index (χ1v) is 9.16. The van der Waals surface area contributed by atoms with Crippen LogP contribution in [0.4, 0.5) is 5.82 Å². The van der Waals surface area contributed by atoms with E-state index in [0.29, 0.717) is 11.4 Å². The van der Waals surface area contributed by atoms with Crippen molar-refractivity contribution in [2.45, 2.75) is 36.2 Å². The van der Waals surface area contributed by atoms with E-state index in [9.17, 15) is 35.4 Å². The van der Waals surface area contributed by atoms with Gasteiger partial charge in [-0.1, -0.05) is 6.08 Å². The molecule has 3 unspecified atom stereocenters. The molecule has 2 aliphatic heterocycles. The number of nitriles is 1. The van der Waals surface area contributed by atoms with Crippen LogP contribution in [0.2, 0.25) is 0 Å². The van der Waals surface area contributed by atoms with Crippen LogP contribution in [-0.4, -0.2) is 100 Å². The second-order valence-corrected chi connectivity index (χ2v) is 7.55. The normalized spacial score (nSPS) is 28.2. The Bertz CT molecular complexity index is 949. The Hall–Kier alpha value is -2.83. The smallest absolute Gasteiger partial charge is 0.310 e. The molecule has 0 aromatic carbocycles. The molecule has 0 saturated carbocycles. The van der Waals surface area contributed by atoms with Crippen molar-refractivity contribution in [2.75, 3.05) is 14.1 Å². The van der Waals surface area contributed by atoms with Gasteiger partial charge in [-0.05, 0) is 13.1 Å². The maximum atomic E-state index is 12.4. The van der Waals surface area contributed by atoms with E-state index in [2.05, 4.69) is 16.6 Å². The molecule has 0 radical (unpaired) electrons. The molecular formula is C18H24N6O7. The van der Waals surface area contributed by atoms with Gasteiger partial charge in [0.15, 0.2) is 0 Å². The van der Waals surface area contributed by atoms with Crippen molar-refractivity contribution in [3.05, 3.63) is 30.5 Å². The number of aliphatic hydroxyl groups is 6. The number of aliphatic imine (C=N–C) groups is 1. The van der Waals surface area contributed by atoms with Gasteiger partial charge in [0, 0.05) is 18.8 Å². The van der Waals surface area contributed by atoms with Crippen molar-refractivity contribution in [2.24, 2.45) is 10.9 Å². The minimum absolute atomic E-state index is 0.320. The summed E-state index contributed by atoms with van der Waals surface area (Å²) in [6, 6.07) is 1.38. The number of nitrogens with one attached hydrogen (secondary N) is 1. The van der Waals surface area contributed by atoms with Crippen LogP contribution in [0.25, 0.3) is 0 Å². The van der Waals surface area contributed by atoms with E-state index in [1.54, 1.807) is 24.2 Å². The van der Waals surface area contributed by atoms with Crippen molar-refractivity contribution < 1.29 is 35.4 Å². The summed E-state index contributed by atoms with van der Waals surface area (Å²) in [6.07, 6.45) is 2.23. The molecular weight excluding hydrogens is 412 g/mol. The highest BCUT2D eigenvalue weighted by molar-refractivity contribution is 5.79. The topological polar surface area (TPSA) is 200 Å². The molecule has 3 rings (SSSR count). The monoisotopic (exact) mass is 436 g/mol. The van der Waals surface area contributed by atoms with Gasteiger partial charge in [-0.2, -0.15) is 5.26 Å². The highest BCUT2D eigenvalue weighted by Gasteiger charge is 2.73. The molecule has 0 spiro atoms. The van der Waals surface area contributed by atoms with Gasteiger partial charge in [0.25, 0.3) is 5.91 Å². The van der Waals surface area contributed by atoms with Crippen LogP contribution >= 0.6 is 0 Å². The van der Waals surface area contributed by atoms with Crippen LogP contribution in [0, 0.1) is 17.2 Å². The molecule has 1 aromatic heterocycles. The number of hydrogen-bond acceptors (Lipinski definition) is 11. The zero-order valence-electron chi connectivity index (χ0n) is 16.8. The van der Waals surface area contributed by atoms with Crippen molar-refractivity contribution in [1.82, 2.24) is 19.7 Å². The fourth-order valence-corrected chi connectivity index (χ4v) is 4.32. The first-order chi connectivity index (χ1) is 14.3. The lowest BCUT2D eigenvalue weighted by Gasteiger charge is -2.60. The number of likely N-dealkylation sites (tertiary alicyclic amines) is 1. The van der Waals surface area contributed by atoms with Gasteiger partial charge in [0.2, 0.25) is 11.7 Å². The fraction of sp³-hybridized carbons (Fsp3) is 0.500. The first-order valence-electron chi connectivity index (χ1n) is 9.16. The number of H-pyrrole nitrogens is 1. The van der Waals surface area contributed by atoms with E-state index in [0.717, 1.165) is 6.08 Å². The molecule has 7 N–H and O–H groups in total. The van der Waals surface area contributed by atoms with Crippen molar-refractivity contribution in [3.63, 3.8) is 0 Å². The number of amides is 1. The molecule has 13 nitrogen and oxygen atoms in total. The van der Waals surface area contributed by atoms with E-state index in [1.165, 1.54) is 24.4 Å². The van der Waals surface area contributed by atoms with Gasteiger partial charge in [-0.3, -0.25) is 9.69 Å². The number of rotatable bonds is 4. The van der Waals surface area contributed by atoms with Crippen LogP contribution in [0.15, 0.2) is 29.9 Å². The van der Waals surface area contributed by atoms with Gasteiger partial charge >= 0.3 is 5.91 Å². The Morgan fingerprint density at radius 3 is 2.61 bits per heavy atom. The number of aromatic nitrogens is 1. The highest BCUT2D eigenvalue weighted by Crippen LogP contribution is 2.48. The summed E-state index contributed by atoms with van der Waals surface area (Å²) in [4.78, 5) is 22.1. The number of likely N-dealkylation sites (N-methyl/N-ethyl adjacent to an activating group) is 1. The molecule has 31 heavy (non-hydrogen) atoms. The van der Waals surface area contributed by atoms with Crippen molar-refractivity contribution in [3.8, 4) is 6.07 Å². The van der Waals surface area contributed by atoms with Crippen LogP contribution in [0.3, 0.4) is 0 Å². The largest absolute Gasteiger partial charge is 0.359 e. The summed E-state index contributed by atoms with van der Waals surface area (Å²) >= 11 is 0. The quantitative estimate of drug-likeness (QED) is 0.194. The average Bonchev–Trinajstić information content (AvgIpc) is 3.12. The van der Waals surface area contributed by atoms with Crippen molar-refractivity contribution >= 4 is 18.1 Å². The SMILES string of the molecule is C=CC1C(N(C)C2c3cc[nH]c3N=CN2C)C(O)(O)N(C(=O)CC#N)C(O)(O)C1(O)O. The molecule has 1 saturated heterocycles. The summed E-state index contributed by atoms with van der Waals surface area (Å²) in [5.74, 6) is -13.5. The standard InChI is InChI=1S/C18H24N6O7/c1-4-11-13(23(3)15-10-6-8-20-14(10)21-9-22(15)2)17(28,29)24(12(25)5-7-19)18(30,31)16(11,26)27/h4,6,8-9,11,13,15,20,26-31H,1,5H2,2-3H3. The molecule has 1 fully saturated rings. The molecule has 3 heterocycles. The Morgan fingerprint density at radius 2 is 2.03 bits per heavy atom. The third-order valence-electron chi connectivity index (χ3n) is 5.68. The number of nitrogens with zero attached hydrogens (tertiary/aromatic N) is 5. The van der Waals surface area contributed by atoms with Gasteiger partial charge in [0.05, 0.1) is 24.4 Å². The molecule has 168 valence electrons. The summed E-state index contributed by atoms with van der Waals surface area (Å²) in [5.41, 5.74) is 0.590. The maximum absolute atomic E-state index is 12.4. The fourth-order valence-electron chi connectivity index (χ4n) is 4.32. The number of carbonyl (C=O) groups excluding carboxylic acids is 1. The summed E-state index contributed by atoms with van der Waals surface area (Å²) in [5, 5.41) is 72.9. The van der Waals surface area contributed by atoms with E-state index < -0.39 is 48.1 Å². The van der Waals surface area contributed by atoms with Gasteiger partial charge in [0.1, 0.15) is 18.4 Å². The van der Waals surface area contributed by atoms with Gasteiger partial charge < -0.3 is 40.5 Å². The van der Waals surface area contributed by atoms with E-state index in [1.807, 2.05) is 0 Å². The number of aromatic amines is 1. The second-order valence-electron chi connectivity index (χ2n) is 7.55. The van der Waals surface area contributed by atoms with Crippen LogP contribution in [0.5, 0.6) is 0 Å². The third-order valence-corrected chi connectivity index (χ3v) is 5.68. The average molecular weight is 436 g/mol. The molecule has 2 aliphatic rings. The first kappa shape index (κ1) is 22.8. The lowest BCUT2D eigenvalue weighted by molar-refractivity contribution is -0.500. The third kappa shape index (κ3) is 3.13. The Balaban J connectivity index is 2.17. The molecule has 1 amide bonds. The summed E-state index contributed by atoms with van der Waals surface area (Å²) in [7, 11) is 3.04. The number of hydrogen-bond donors (Lipinski definition) is 7. The molecule has 0 bridgehead atoms. The van der Waals surface area contributed by atoms with E-state index in [4.69, 9.17) is 5.26 Å². The minimum Gasteiger partial charge on any atom is -0.359 e. The van der Waals surface area contributed by atoms with Crippen LogP contribution < -0.4 is 0 Å². The van der Waals surface area contributed by atoms with Gasteiger partial charge in [-0.15, -0.1) is 6.58 Å². The molecule has 1 aromatic rings. The minimum atomic E-state index is -3.86. The van der Waals surface area contributed by atoms with Crippen LogP contribution in [0.1, 0.15) is 18.2 Å². The molecule has 0 aliphatic carbocycles. The maximum Gasteiger partial charge on any atom is 0.310 e. The Kier molecular flexibility index (Phi) is 5.45. The lowest BCUT2D eigenvalue weighted by Crippen LogP contribution is -2.85. The highest BCUT2D eigenvalue weighted by atomic mass is 16.6. The molecule has 3 atom stereocenters. The zero-order chi connectivity index (χ0) is 23.4. The Morgan fingerprint density at radius 1 is 1.39 bits per heavy atom. The lowest BCUT2D eigenvalue weighted by atomic mass is 9.78. The second kappa shape index (κ2) is 7.39. The van der Waals surface area contributed by atoms with Crippen LogP contribution in [-0.2, 0) is 4.79 Å². The summed E-state index contributed by atoms with van der Waals surface area (Å²) in [6.45, 7) is 3.46. The number of fused-ring (bicyclic) bond motifs is 1. The van der Waals surface area contributed by atoms with Crippen molar-refractivity contribution in [1.29, 1.82) is 5.26 Å². The number of piperidine rings is 1.